The Labute approximate surface area is 241 Å². The third-order valence-electron chi connectivity index (χ3n) is 9.38. The Bertz CT molecular complexity index is 1900. The van der Waals surface area contributed by atoms with Crippen LogP contribution in [0.3, 0.4) is 0 Å². The van der Waals surface area contributed by atoms with E-state index in [0.717, 1.165) is 34.0 Å². The molecule has 1 aliphatic carbocycles. The van der Waals surface area contributed by atoms with Gasteiger partial charge in [0.1, 0.15) is 6.61 Å². The van der Waals surface area contributed by atoms with Crippen molar-refractivity contribution in [3.63, 3.8) is 0 Å². The fourth-order valence-corrected chi connectivity index (χ4v) is 6.92. The number of nitrogens with one attached hydrogen (secondary N) is 1. The van der Waals surface area contributed by atoms with Crippen molar-refractivity contribution >= 4 is 22.8 Å². The molecule has 4 aromatic rings. The third kappa shape index (κ3) is 3.63. The van der Waals surface area contributed by atoms with Gasteiger partial charge in [-0.05, 0) is 73.1 Å². The van der Waals surface area contributed by atoms with Gasteiger partial charge in [0.2, 0.25) is 0 Å². The van der Waals surface area contributed by atoms with Crippen LogP contribution in [0.4, 0.5) is 0 Å². The normalized spacial score (nSPS) is 20.9. The molecule has 0 unspecified atom stereocenters. The standard InChI is InChI=1S/C33H31N3O6/c1-4-33(41)22-13-25-28-20(14-36(25)31(39)21(22)15-42-32(33)40)27-23(35-30(38)29(37)18-8-6-5-7-9-18)11-10-19-17(3)16(2)12-24(34-28)26(19)27/h5-9,12-13,23,29,37,41H,4,10-11,14-15H2,1-3H3,(H,35,38)/t23-,29-,33-/m0/s1. The van der Waals surface area contributed by atoms with Gasteiger partial charge in [0.05, 0.1) is 35.1 Å². The van der Waals surface area contributed by atoms with Gasteiger partial charge in [0.25, 0.3) is 11.5 Å². The van der Waals surface area contributed by atoms with Crippen LogP contribution in [0.5, 0.6) is 0 Å². The molecule has 4 heterocycles. The van der Waals surface area contributed by atoms with E-state index in [2.05, 4.69) is 12.2 Å². The quantitative estimate of drug-likeness (QED) is 0.284. The summed E-state index contributed by atoms with van der Waals surface area (Å²) in [6.07, 6.45) is 0.0857. The predicted molar refractivity (Wildman–Crippen MR) is 155 cm³/mol. The Morgan fingerprint density at radius 1 is 1.17 bits per heavy atom. The van der Waals surface area contributed by atoms with Crippen LogP contribution in [0.25, 0.3) is 22.3 Å². The van der Waals surface area contributed by atoms with Crippen molar-refractivity contribution < 1.29 is 24.5 Å². The van der Waals surface area contributed by atoms with Crippen LogP contribution < -0.4 is 10.9 Å². The zero-order chi connectivity index (χ0) is 29.5. The number of aromatic nitrogens is 2. The molecule has 214 valence electrons. The molecule has 2 aliphatic heterocycles. The number of cyclic esters (lactones) is 1. The van der Waals surface area contributed by atoms with Crippen molar-refractivity contribution in [2.45, 2.75) is 70.9 Å². The first-order valence-corrected chi connectivity index (χ1v) is 14.3. The van der Waals surface area contributed by atoms with Gasteiger partial charge in [-0.2, -0.15) is 0 Å². The molecule has 1 amide bonds. The van der Waals surface area contributed by atoms with Crippen LogP contribution in [0.15, 0.2) is 47.3 Å². The molecule has 3 atom stereocenters. The molecular weight excluding hydrogens is 534 g/mol. The summed E-state index contributed by atoms with van der Waals surface area (Å²) in [4.78, 5) is 44.8. The van der Waals surface area contributed by atoms with Crippen molar-refractivity contribution in [1.82, 2.24) is 14.9 Å². The molecule has 42 heavy (non-hydrogen) atoms. The average molecular weight is 566 g/mol. The van der Waals surface area contributed by atoms with Gasteiger partial charge in [-0.1, -0.05) is 37.3 Å². The summed E-state index contributed by atoms with van der Waals surface area (Å²) in [5.41, 5.74) is 5.81. The fourth-order valence-electron chi connectivity index (χ4n) is 6.92. The number of carbonyl (C=O) groups is 2. The van der Waals surface area contributed by atoms with Gasteiger partial charge >= 0.3 is 5.97 Å². The second-order valence-corrected chi connectivity index (χ2v) is 11.6. The summed E-state index contributed by atoms with van der Waals surface area (Å²) in [6, 6.07) is 12.1. The molecule has 7 rings (SSSR count). The highest BCUT2D eigenvalue weighted by Crippen LogP contribution is 2.46. The smallest absolute Gasteiger partial charge is 0.343 e. The first kappa shape index (κ1) is 26.6. The van der Waals surface area contributed by atoms with Gasteiger partial charge in [-0.3, -0.25) is 9.59 Å². The molecule has 3 aliphatic rings. The lowest BCUT2D eigenvalue weighted by molar-refractivity contribution is -0.172. The summed E-state index contributed by atoms with van der Waals surface area (Å²) in [7, 11) is 0. The molecule has 3 N–H and O–H groups in total. The zero-order valence-corrected chi connectivity index (χ0v) is 23.7. The van der Waals surface area contributed by atoms with Gasteiger partial charge in [-0.25, -0.2) is 9.78 Å². The number of benzene rings is 2. The molecule has 2 aromatic carbocycles. The van der Waals surface area contributed by atoms with E-state index in [0.29, 0.717) is 23.4 Å². The van der Waals surface area contributed by atoms with E-state index in [1.165, 1.54) is 11.1 Å². The number of nitrogens with zero attached hydrogens (tertiary/aromatic N) is 2. The Kier molecular flexibility index (Phi) is 5.90. The minimum Gasteiger partial charge on any atom is -0.458 e. The number of esters is 1. The zero-order valence-electron chi connectivity index (χ0n) is 23.7. The van der Waals surface area contributed by atoms with Crippen LogP contribution in [-0.4, -0.2) is 31.6 Å². The number of hydrogen-bond acceptors (Lipinski definition) is 7. The van der Waals surface area contributed by atoms with E-state index in [4.69, 9.17) is 9.72 Å². The Hall–Kier alpha value is -4.34. The number of aryl methyl sites for hydroxylation is 2. The first-order valence-electron chi connectivity index (χ1n) is 14.3. The fraction of sp³-hybridized carbons (Fsp3) is 0.333. The maximum atomic E-state index is 13.8. The van der Waals surface area contributed by atoms with Crippen molar-refractivity contribution in [2.75, 3.05) is 0 Å². The minimum atomic E-state index is -1.92. The molecule has 9 heteroatoms. The Morgan fingerprint density at radius 2 is 1.93 bits per heavy atom. The van der Waals surface area contributed by atoms with E-state index < -0.39 is 29.6 Å². The van der Waals surface area contributed by atoms with E-state index in [1.54, 1.807) is 41.8 Å². The van der Waals surface area contributed by atoms with Crippen LogP contribution in [0, 0.1) is 13.8 Å². The number of carbonyl (C=O) groups excluding carboxylic acids is 2. The monoisotopic (exact) mass is 565 g/mol. The van der Waals surface area contributed by atoms with Crippen LogP contribution in [0.1, 0.15) is 76.4 Å². The first-order chi connectivity index (χ1) is 20.1. The minimum absolute atomic E-state index is 0.0602. The number of pyridine rings is 2. The predicted octanol–water partition coefficient (Wildman–Crippen LogP) is 3.53. The highest BCUT2D eigenvalue weighted by atomic mass is 16.6. The SMILES string of the molecule is CC[C@@]1(O)C(=O)OCc2c1cc1n(c2=O)Cc2c-1nc1cc(C)c(C)c3c1c2[C@@H](NC(=O)[C@@H](O)c1ccccc1)CC3. The van der Waals surface area contributed by atoms with Crippen molar-refractivity contribution in [3.05, 3.63) is 97.3 Å². The number of fused-ring (bicyclic) bond motifs is 5. The highest BCUT2D eigenvalue weighted by Gasteiger charge is 2.46. The maximum absolute atomic E-state index is 13.8. The van der Waals surface area contributed by atoms with Gasteiger partial charge in [0, 0.05) is 16.5 Å². The molecule has 0 radical (unpaired) electrons. The summed E-state index contributed by atoms with van der Waals surface area (Å²) >= 11 is 0. The number of amides is 1. The molecule has 0 spiro atoms. The van der Waals surface area contributed by atoms with Crippen LogP contribution >= 0.6 is 0 Å². The summed E-state index contributed by atoms with van der Waals surface area (Å²) < 4.78 is 6.84. The summed E-state index contributed by atoms with van der Waals surface area (Å²) in [6.45, 7) is 5.84. The van der Waals surface area contributed by atoms with Gasteiger partial charge < -0.3 is 24.8 Å². The van der Waals surface area contributed by atoms with Crippen LogP contribution in [0.2, 0.25) is 0 Å². The van der Waals surface area contributed by atoms with E-state index >= 15 is 0 Å². The number of aliphatic hydroxyl groups excluding tert-OH is 1. The van der Waals surface area contributed by atoms with Gasteiger partial charge in [0.15, 0.2) is 11.7 Å². The lowest BCUT2D eigenvalue weighted by Gasteiger charge is -2.31. The molecular formula is C33H31N3O6. The molecule has 0 saturated carbocycles. The van der Waals surface area contributed by atoms with Crippen LogP contribution in [-0.2, 0) is 39.5 Å². The largest absolute Gasteiger partial charge is 0.458 e. The lowest BCUT2D eigenvalue weighted by Crippen LogP contribution is -2.44. The van der Waals surface area contributed by atoms with Crippen molar-refractivity contribution in [1.29, 1.82) is 0 Å². The Balaban J connectivity index is 1.42. The summed E-state index contributed by atoms with van der Waals surface area (Å²) in [5, 5.41) is 26.2. The second kappa shape index (κ2) is 9.34. The number of hydrogen-bond donors (Lipinski definition) is 3. The van der Waals surface area contributed by atoms with E-state index in [9.17, 15) is 24.6 Å². The lowest BCUT2D eigenvalue weighted by atomic mass is 9.80. The third-order valence-corrected chi connectivity index (χ3v) is 9.38. The van der Waals surface area contributed by atoms with E-state index in [1.807, 2.05) is 19.1 Å². The summed E-state index contributed by atoms with van der Waals surface area (Å²) in [5.74, 6) is -1.26. The molecule has 2 aromatic heterocycles. The number of ether oxygens (including phenoxy) is 1. The second-order valence-electron chi connectivity index (χ2n) is 11.6. The van der Waals surface area contributed by atoms with E-state index in [-0.39, 0.29) is 36.3 Å². The molecule has 0 saturated heterocycles. The number of rotatable bonds is 4. The number of aliphatic hydroxyl groups is 2. The Morgan fingerprint density at radius 3 is 2.67 bits per heavy atom. The average Bonchev–Trinajstić information content (AvgIpc) is 3.37. The topological polar surface area (TPSA) is 131 Å². The highest BCUT2D eigenvalue weighted by molar-refractivity contribution is 5.94. The maximum Gasteiger partial charge on any atom is 0.343 e. The molecule has 0 bridgehead atoms. The molecule has 9 nitrogen and oxygen atoms in total. The molecule has 0 fully saturated rings. The van der Waals surface area contributed by atoms with Crippen molar-refractivity contribution in [3.8, 4) is 11.4 Å². The van der Waals surface area contributed by atoms with Gasteiger partial charge in [-0.15, -0.1) is 0 Å². The van der Waals surface area contributed by atoms with Crippen molar-refractivity contribution in [2.24, 2.45) is 0 Å².